The highest BCUT2D eigenvalue weighted by molar-refractivity contribution is 6.26. The van der Waals surface area contributed by atoms with Gasteiger partial charge in [0.05, 0.1) is 28.2 Å². The molecular formula is C33H34N4O5. The van der Waals surface area contributed by atoms with E-state index in [1.54, 1.807) is 0 Å². The molecule has 9 heteroatoms. The van der Waals surface area contributed by atoms with E-state index in [-0.39, 0.29) is 18.3 Å². The molecule has 6 heterocycles. The number of nitrogens with zero attached hydrogens (tertiary/aromatic N) is 2. The maximum atomic E-state index is 13.1. The second-order valence-electron chi connectivity index (χ2n) is 11.3. The van der Waals surface area contributed by atoms with E-state index < -0.39 is 18.2 Å². The van der Waals surface area contributed by atoms with Crippen LogP contribution in [-0.4, -0.2) is 42.1 Å². The van der Waals surface area contributed by atoms with Crippen molar-refractivity contribution in [2.45, 2.75) is 72.0 Å². The van der Waals surface area contributed by atoms with Crippen molar-refractivity contribution in [3.8, 4) is 0 Å². The van der Waals surface area contributed by atoms with Crippen molar-refractivity contribution in [3.05, 3.63) is 75.4 Å². The molecule has 0 aromatic carbocycles. The third-order valence-corrected chi connectivity index (χ3v) is 9.01. The number of cyclic esters (lactones) is 1. The van der Waals surface area contributed by atoms with Crippen LogP contribution in [0, 0.1) is 13.8 Å². The summed E-state index contributed by atoms with van der Waals surface area (Å²) < 4.78 is 5.44. The van der Waals surface area contributed by atoms with Gasteiger partial charge in [-0.2, -0.15) is 0 Å². The lowest BCUT2D eigenvalue weighted by atomic mass is 9.84. The number of aliphatic hydroxyl groups excluding tert-OH is 1. The number of carbonyl (C=O) groups excluding carboxylic acids is 1. The monoisotopic (exact) mass is 566 g/mol. The quantitative estimate of drug-likeness (QED) is 0.263. The molecular weight excluding hydrogens is 532 g/mol. The summed E-state index contributed by atoms with van der Waals surface area (Å²) in [4.78, 5) is 41.7. The largest absolute Gasteiger partial charge is 0.481 e. The van der Waals surface area contributed by atoms with Crippen LogP contribution >= 0.6 is 0 Å². The second-order valence-corrected chi connectivity index (χ2v) is 11.3. The molecule has 9 nitrogen and oxygen atoms in total. The van der Waals surface area contributed by atoms with Gasteiger partial charge in [0.1, 0.15) is 0 Å². The molecule has 0 aliphatic carbocycles. The average Bonchev–Trinajstić information content (AvgIpc) is 3.61. The molecule has 0 saturated heterocycles. The molecule has 0 saturated carbocycles. The van der Waals surface area contributed by atoms with Crippen LogP contribution in [0.15, 0.2) is 24.8 Å². The topological polar surface area (TPSA) is 141 Å². The lowest BCUT2D eigenvalue weighted by Gasteiger charge is -2.24. The van der Waals surface area contributed by atoms with Crippen molar-refractivity contribution < 1.29 is 24.5 Å². The molecule has 0 fully saturated rings. The highest BCUT2D eigenvalue weighted by atomic mass is 16.6. The van der Waals surface area contributed by atoms with Gasteiger partial charge in [-0.3, -0.25) is 9.78 Å². The molecule has 0 amide bonds. The Morgan fingerprint density at radius 3 is 2.48 bits per heavy atom. The second kappa shape index (κ2) is 10.1. The fraction of sp³-hybridized carbons (Fsp3) is 0.333. The number of carboxylic acid groups (broad SMARTS) is 1. The molecule has 3 aromatic heterocycles. The minimum absolute atomic E-state index is 0.0703. The Morgan fingerprint density at radius 1 is 1.07 bits per heavy atom. The first-order valence-electron chi connectivity index (χ1n) is 14.3. The third kappa shape index (κ3) is 4.18. The first-order valence-corrected chi connectivity index (χ1v) is 14.3. The van der Waals surface area contributed by atoms with Gasteiger partial charge in [-0.25, -0.2) is 9.78 Å². The van der Waals surface area contributed by atoms with Gasteiger partial charge in [0, 0.05) is 51.6 Å². The molecule has 216 valence electrons. The average molecular weight is 567 g/mol. The first-order chi connectivity index (χ1) is 20.0. The lowest BCUT2D eigenvalue weighted by molar-refractivity contribution is -0.163. The van der Waals surface area contributed by atoms with E-state index in [4.69, 9.17) is 14.7 Å². The van der Waals surface area contributed by atoms with Gasteiger partial charge in [-0.15, -0.1) is 0 Å². The summed E-state index contributed by atoms with van der Waals surface area (Å²) in [5.74, 6) is -2.06. The van der Waals surface area contributed by atoms with Gasteiger partial charge >= 0.3 is 11.9 Å². The summed E-state index contributed by atoms with van der Waals surface area (Å²) in [6.45, 7) is 14.1. The number of aromatic amines is 2. The minimum Gasteiger partial charge on any atom is -0.481 e. The van der Waals surface area contributed by atoms with Crippen LogP contribution in [0.1, 0.15) is 102 Å². The number of aromatic nitrogens is 4. The van der Waals surface area contributed by atoms with E-state index in [9.17, 15) is 19.8 Å². The number of fused-ring (bicyclic) bond motifs is 8. The molecule has 6 rings (SSSR count). The number of aliphatic carboxylic acids is 1. The number of hydrogen-bond donors (Lipinski definition) is 4. The Labute approximate surface area is 243 Å². The number of carbonyl (C=O) groups is 2. The van der Waals surface area contributed by atoms with Crippen LogP contribution in [0.4, 0.5) is 0 Å². The molecule has 0 spiro atoms. The predicted octanol–water partition coefficient (Wildman–Crippen LogP) is 6.37. The number of esters is 1. The Balaban J connectivity index is 1.81. The Kier molecular flexibility index (Phi) is 6.65. The number of allylic oxidation sites excluding steroid dienone is 1. The molecule has 3 atom stereocenters. The molecule has 3 aromatic rings. The molecule has 0 radical (unpaired) electrons. The van der Waals surface area contributed by atoms with Crippen molar-refractivity contribution in [2.75, 3.05) is 0 Å². The summed E-state index contributed by atoms with van der Waals surface area (Å²) >= 11 is 0. The van der Waals surface area contributed by atoms with Crippen molar-refractivity contribution in [1.82, 2.24) is 19.9 Å². The molecule has 8 bridgehead atoms. The number of H-pyrrole nitrogens is 2. The van der Waals surface area contributed by atoms with Crippen LogP contribution in [0.5, 0.6) is 0 Å². The summed E-state index contributed by atoms with van der Waals surface area (Å²) in [7, 11) is 0. The zero-order valence-corrected chi connectivity index (χ0v) is 24.4. The number of carboxylic acids is 1. The Bertz CT molecular complexity index is 1890. The van der Waals surface area contributed by atoms with Crippen molar-refractivity contribution >= 4 is 51.2 Å². The normalized spacial score (nSPS) is 19.7. The molecule has 1 unspecified atom stereocenters. The van der Waals surface area contributed by atoms with Crippen LogP contribution in [0.3, 0.4) is 0 Å². The van der Waals surface area contributed by atoms with Crippen molar-refractivity contribution in [1.29, 1.82) is 0 Å². The number of aryl methyl sites for hydroxylation is 3. The van der Waals surface area contributed by atoms with E-state index in [1.807, 2.05) is 39.0 Å². The molecule has 4 N–H and O–H groups in total. The van der Waals surface area contributed by atoms with Gasteiger partial charge in [0.25, 0.3) is 0 Å². The number of nitrogens with one attached hydrogen (secondary N) is 2. The number of hydrogen-bond acceptors (Lipinski definition) is 6. The zero-order valence-electron chi connectivity index (χ0n) is 24.4. The van der Waals surface area contributed by atoms with Gasteiger partial charge in [0.2, 0.25) is 6.29 Å². The Hall–Kier alpha value is -4.50. The summed E-state index contributed by atoms with van der Waals surface area (Å²) in [6, 6.07) is 6.00. The fourth-order valence-electron chi connectivity index (χ4n) is 6.60. The van der Waals surface area contributed by atoms with Gasteiger partial charge in [-0.1, -0.05) is 26.5 Å². The summed E-state index contributed by atoms with van der Waals surface area (Å²) in [5.41, 5.74) is 11.3. The maximum absolute atomic E-state index is 13.1. The molecule has 3 aliphatic heterocycles. The van der Waals surface area contributed by atoms with Crippen LogP contribution < -0.4 is 0 Å². The third-order valence-electron chi connectivity index (χ3n) is 9.01. The highest BCUT2D eigenvalue weighted by Crippen LogP contribution is 2.47. The number of rotatable bonds is 5. The Morgan fingerprint density at radius 2 is 1.79 bits per heavy atom. The van der Waals surface area contributed by atoms with E-state index in [0.717, 1.165) is 56.4 Å². The van der Waals surface area contributed by atoms with Crippen molar-refractivity contribution in [3.63, 3.8) is 0 Å². The SMILES string of the molecule is C=Cc1c(C)c2cc3nc(c4c5nc(cc6[nH]c(cc1[nH]2)c(C)c6CC)C(C)=C5C(=O)OC4O)[C@@H](CCC(=O)O)[C@@H]3C. The van der Waals surface area contributed by atoms with E-state index in [1.165, 1.54) is 0 Å². The minimum atomic E-state index is -1.57. The van der Waals surface area contributed by atoms with Crippen LogP contribution in [0.2, 0.25) is 0 Å². The van der Waals surface area contributed by atoms with E-state index in [2.05, 4.69) is 36.5 Å². The zero-order chi connectivity index (χ0) is 30.0. The predicted molar refractivity (Wildman–Crippen MR) is 162 cm³/mol. The van der Waals surface area contributed by atoms with Gasteiger partial charge < -0.3 is 24.9 Å². The highest BCUT2D eigenvalue weighted by Gasteiger charge is 2.41. The smallest absolute Gasteiger partial charge is 0.343 e. The van der Waals surface area contributed by atoms with Gasteiger partial charge in [-0.05, 0) is 74.1 Å². The van der Waals surface area contributed by atoms with Gasteiger partial charge in [0.15, 0.2) is 0 Å². The summed E-state index contributed by atoms with van der Waals surface area (Å²) in [6.07, 6.45) is 1.28. The van der Waals surface area contributed by atoms with Crippen LogP contribution in [-0.2, 0) is 20.7 Å². The first kappa shape index (κ1) is 27.7. The van der Waals surface area contributed by atoms with E-state index >= 15 is 0 Å². The number of ether oxygens (including phenoxy) is 1. The standard InChI is InChI=1S/C33H34N4O5/c1-7-18-14(3)21-11-23-16(5)20(9-10-27(38)39)30(36-23)29-31-28(32(40)42-33(29)41)17(6)24(37-31)13-26-19(8-2)15(4)22(35-26)12-25(18)34-21/h7,11-13,16,20,33-35,41H,1,8-10H2,2-6H3,(H,38,39)/t16-,20-,33?/m0/s1. The fourth-order valence-corrected chi connectivity index (χ4v) is 6.60. The summed E-state index contributed by atoms with van der Waals surface area (Å²) in [5, 5.41) is 20.6. The molecule has 3 aliphatic rings. The lowest BCUT2D eigenvalue weighted by Crippen LogP contribution is -2.22. The maximum Gasteiger partial charge on any atom is 0.343 e. The van der Waals surface area contributed by atoms with Crippen molar-refractivity contribution in [2.24, 2.45) is 0 Å². The van der Waals surface area contributed by atoms with Crippen LogP contribution in [0.25, 0.3) is 39.3 Å². The number of aliphatic hydroxyl groups is 1. The van der Waals surface area contributed by atoms with E-state index in [0.29, 0.717) is 40.2 Å². The molecule has 42 heavy (non-hydrogen) atoms.